The van der Waals surface area contributed by atoms with Crippen molar-refractivity contribution >= 4 is 33.5 Å². The molecule has 0 aromatic heterocycles. The number of rotatable bonds is 4. The van der Waals surface area contributed by atoms with Gasteiger partial charge in [0.25, 0.3) is 0 Å². The van der Waals surface area contributed by atoms with Gasteiger partial charge in [0, 0.05) is 10.5 Å². The number of nitrogens with two attached hydrogens (primary N) is 1. The first-order chi connectivity index (χ1) is 9.52. The van der Waals surface area contributed by atoms with E-state index in [2.05, 4.69) is 15.9 Å². The van der Waals surface area contributed by atoms with Crippen LogP contribution >= 0.6 is 27.7 Å². The van der Waals surface area contributed by atoms with Crippen molar-refractivity contribution in [2.24, 2.45) is 5.73 Å². The Hall–Kier alpha value is -1.53. The molecule has 0 aliphatic rings. The molecule has 3 N–H and O–H groups in total. The molecule has 0 atom stereocenters. The van der Waals surface area contributed by atoms with Gasteiger partial charge >= 0.3 is 0 Å². The molecule has 2 aromatic carbocycles. The topological polar surface area (TPSA) is 59.1 Å². The van der Waals surface area contributed by atoms with Crippen molar-refractivity contribution < 1.29 is 9.13 Å². The lowest BCUT2D eigenvalue weighted by molar-refractivity contribution is 0.440. The Bertz CT molecular complexity index is 646. The van der Waals surface area contributed by atoms with Crippen LogP contribution in [0.4, 0.5) is 4.39 Å². The number of hydrogen-bond acceptors (Lipinski definition) is 3. The highest BCUT2D eigenvalue weighted by Crippen LogP contribution is 2.32. The normalized spacial score (nSPS) is 10.3. The van der Waals surface area contributed by atoms with Crippen molar-refractivity contribution in [3.63, 3.8) is 0 Å². The van der Waals surface area contributed by atoms with Crippen LogP contribution in [0.1, 0.15) is 5.56 Å². The number of nitrogen functional groups attached to an aromatic ring is 1. The molecule has 2 rings (SSSR count). The Morgan fingerprint density at radius 3 is 2.45 bits per heavy atom. The predicted molar refractivity (Wildman–Crippen MR) is 83.4 cm³/mol. The monoisotopic (exact) mass is 354 g/mol. The number of nitrogens with one attached hydrogen (secondary N) is 1. The Morgan fingerprint density at radius 1 is 1.25 bits per heavy atom. The van der Waals surface area contributed by atoms with Crippen LogP contribution in [0, 0.1) is 11.2 Å². The van der Waals surface area contributed by atoms with E-state index in [-0.39, 0.29) is 16.1 Å². The van der Waals surface area contributed by atoms with Gasteiger partial charge in [-0.05, 0) is 58.6 Å². The summed E-state index contributed by atoms with van der Waals surface area (Å²) < 4.78 is 19.8. The van der Waals surface area contributed by atoms with Crippen LogP contribution in [0.25, 0.3) is 0 Å². The van der Waals surface area contributed by atoms with E-state index in [4.69, 9.17) is 15.9 Å². The molecule has 3 nitrogen and oxygen atoms in total. The highest BCUT2D eigenvalue weighted by molar-refractivity contribution is 9.10. The summed E-state index contributed by atoms with van der Waals surface area (Å²) in [7, 11) is 0. The van der Waals surface area contributed by atoms with Gasteiger partial charge in [-0.3, -0.25) is 5.41 Å². The van der Waals surface area contributed by atoms with Crippen molar-refractivity contribution in [3.8, 4) is 11.5 Å². The van der Waals surface area contributed by atoms with E-state index < -0.39 is 5.82 Å². The average Bonchev–Trinajstić information content (AvgIpc) is 2.44. The van der Waals surface area contributed by atoms with Gasteiger partial charge < -0.3 is 10.5 Å². The molecule has 104 valence electrons. The third-order valence-corrected chi connectivity index (χ3v) is 4.14. The highest BCUT2D eigenvalue weighted by Gasteiger charge is 2.14. The fraction of sp³-hybridized carbons (Fsp3) is 0.0714. The summed E-state index contributed by atoms with van der Waals surface area (Å²) in [6.45, 7) is 0. The largest absolute Gasteiger partial charge is 0.454 e. The summed E-state index contributed by atoms with van der Waals surface area (Å²) in [5, 5.41) is 7.35. The van der Waals surface area contributed by atoms with Crippen LogP contribution in [0.3, 0.4) is 0 Å². The lowest BCUT2D eigenvalue weighted by atomic mass is 10.2. The van der Waals surface area contributed by atoms with Gasteiger partial charge in [-0.2, -0.15) is 0 Å². The Labute approximate surface area is 129 Å². The van der Waals surface area contributed by atoms with Crippen molar-refractivity contribution in [3.05, 3.63) is 52.3 Å². The number of hydrogen-bond donors (Lipinski definition) is 2. The second kappa shape index (κ2) is 6.28. The molecule has 0 radical (unpaired) electrons. The smallest absolute Gasteiger partial charge is 0.180 e. The second-order valence-corrected chi connectivity index (χ2v) is 5.60. The molecule has 0 spiro atoms. The molecular weight excluding hydrogens is 343 g/mol. The fourth-order valence-corrected chi connectivity index (χ4v) is 2.54. The van der Waals surface area contributed by atoms with Crippen LogP contribution in [0.15, 0.2) is 45.8 Å². The quantitative estimate of drug-likeness (QED) is 0.486. The maximum Gasteiger partial charge on any atom is 0.180 e. The van der Waals surface area contributed by atoms with Crippen molar-refractivity contribution in [1.29, 1.82) is 5.41 Å². The van der Waals surface area contributed by atoms with Crippen LogP contribution < -0.4 is 10.5 Å². The summed E-state index contributed by atoms with van der Waals surface area (Å²) in [5.41, 5.74) is 5.66. The zero-order valence-electron chi connectivity index (χ0n) is 10.6. The number of halogens is 2. The lowest BCUT2D eigenvalue weighted by Crippen LogP contribution is -2.12. The first-order valence-electron chi connectivity index (χ1n) is 5.67. The lowest BCUT2D eigenvalue weighted by Gasteiger charge is -2.10. The van der Waals surface area contributed by atoms with Crippen molar-refractivity contribution in [2.75, 3.05) is 6.26 Å². The zero-order valence-corrected chi connectivity index (χ0v) is 13.0. The van der Waals surface area contributed by atoms with Gasteiger partial charge in [0.1, 0.15) is 11.6 Å². The van der Waals surface area contributed by atoms with Crippen LogP contribution in [0.5, 0.6) is 11.5 Å². The first-order valence-corrected chi connectivity index (χ1v) is 7.69. The Balaban J connectivity index is 2.29. The second-order valence-electron chi connectivity index (χ2n) is 3.93. The summed E-state index contributed by atoms with van der Waals surface area (Å²) in [4.78, 5) is 1.10. The van der Waals surface area contributed by atoms with Crippen LogP contribution in [-0.2, 0) is 0 Å². The predicted octanol–water partition coefficient (Wildman–Crippen LogP) is 4.39. The molecule has 0 aliphatic carbocycles. The SMILES string of the molecule is CSc1ccc(Oc2ccc(C(=N)N)c(Br)c2F)cc1. The standard InChI is InChI=1S/C14H12BrFN2OS/c1-20-9-4-2-8(3-5-9)19-11-7-6-10(14(17)18)12(15)13(11)16/h2-7H,1H3,(H3,17,18). The molecule has 20 heavy (non-hydrogen) atoms. The summed E-state index contributed by atoms with van der Waals surface area (Å²) in [6.07, 6.45) is 1.98. The number of thioether (sulfide) groups is 1. The molecule has 6 heteroatoms. The van der Waals surface area contributed by atoms with Gasteiger partial charge in [-0.1, -0.05) is 0 Å². The van der Waals surface area contributed by atoms with Crippen molar-refractivity contribution in [1.82, 2.24) is 0 Å². The maximum atomic E-state index is 14.1. The van der Waals surface area contributed by atoms with E-state index in [0.29, 0.717) is 11.3 Å². The number of benzene rings is 2. The molecule has 0 aliphatic heterocycles. The van der Waals surface area contributed by atoms with E-state index in [1.807, 2.05) is 18.4 Å². The third kappa shape index (κ3) is 3.13. The number of amidine groups is 1. The van der Waals surface area contributed by atoms with Gasteiger partial charge in [0.15, 0.2) is 11.6 Å². The zero-order chi connectivity index (χ0) is 14.7. The van der Waals surface area contributed by atoms with Gasteiger partial charge in [-0.15, -0.1) is 11.8 Å². The minimum absolute atomic E-state index is 0.0822. The van der Waals surface area contributed by atoms with E-state index in [1.165, 1.54) is 6.07 Å². The fourth-order valence-electron chi connectivity index (χ4n) is 1.59. The molecule has 0 bridgehead atoms. The van der Waals surface area contributed by atoms with Gasteiger partial charge in [0.2, 0.25) is 0 Å². The van der Waals surface area contributed by atoms with Crippen LogP contribution in [-0.4, -0.2) is 12.1 Å². The Morgan fingerprint density at radius 2 is 1.90 bits per heavy atom. The summed E-state index contributed by atoms with van der Waals surface area (Å²) in [5.74, 6) is -0.152. The van der Waals surface area contributed by atoms with E-state index in [9.17, 15) is 4.39 Å². The molecular formula is C14H12BrFN2OS. The van der Waals surface area contributed by atoms with Gasteiger partial charge in [-0.25, -0.2) is 4.39 Å². The molecule has 0 amide bonds. The van der Waals surface area contributed by atoms with E-state index in [1.54, 1.807) is 30.0 Å². The van der Waals surface area contributed by atoms with Crippen molar-refractivity contribution in [2.45, 2.75) is 4.90 Å². The first kappa shape index (κ1) is 14.9. The van der Waals surface area contributed by atoms with Gasteiger partial charge in [0.05, 0.1) is 4.47 Å². The maximum absolute atomic E-state index is 14.1. The minimum Gasteiger partial charge on any atom is -0.454 e. The molecule has 0 heterocycles. The molecule has 0 fully saturated rings. The minimum atomic E-state index is -0.577. The molecule has 0 saturated heterocycles. The highest BCUT2D eigenvalue weighted by atomic mass is 79.9. The summed E-state index contributed by atoms with van der Waals surface area (Å²) in [6, 6.07) is 10.4. The average molecular weight is 355 g/mol. The molecule has 0 saturated carbocycles. The summed E-state index contributed by atoms with van der Waals surface area (Å²) >= 11 is 4.71. The van der Waals surface area contributed by atoms with Crippen LogP contribution in [0.2, 0.25) is 0 Å². The third-order valence-electron chi connectivity index (χ3n) is 2.62. The molecule has 0 unspecified atom stereocenters. The van der Waals surface area contributed by atoms with E-state index >= 15 is 0 Å². The Kier molecular flexibility index (Phi) is 4.67. The number of ether oxygens (including phenoxy) is 1. The molecule has 2 aromatic rings. The van der Waals surface area contributed by atoms with E-state index in [0.717, 1.165) is 4.90 Å².